The largest absolute Gasteiger partial charge is 0.507 e. The van der Waals surface area contributed by atoms with E-state index in [0.29, 0.717) is 31.9 Å². The van der Waals surface area contributed by atoms with Crippen molar-refractivity contribution >= 4 is 38.9 Å². The van der Waals surface area contributed by atoms with Crippen LogP contribution in [0.1, 0.15) is 15.9 Å². The Balaban J connectivity index is 1.30. The van der Waals surface area contributed by atoms with Gasteiger partial charge in [0.15, 0.2) is 0 Å². The van der Waals surface area contributed by atoms with Gasteiger partial charge in [0.2, 0.25) is 5.91 Å². The molecule has 2 N–H and O–H groups in total. The van der Waals surface area contributed by atoms with Crippen LogP contribution in [0.25, 0.3) is 0 Å². The smallest absolute Gasteiger partial charge is 0.271 e. The lowest BCUT2D eigenvalue weighted by atomic mass is 10.1. The fourth-order valence-electron chi connectivity index (χ4n) is 3.58. The Kier molecular flexibility index (Phi) is 6.66. The van der Waals surface area contributed by atoms with E-state index in [2.05, 4.69) is 4.72 Å². The van der Waals surface area contributed by atoms with Crippen LogP contribution in [0.5, 0.6) is 5.75 Å². The number of hydrogen-bond acceptors (Lipinski definition) is 6. The zero-order valence-corrected chi connectivity index (χ0v) is 19.3. The van der Waals surface area contributed by atoms with Gasteiger partial charge in [0, 0.05) is 31.9 Å². The molecule has 33 heavy (non-hydrogen) atoms. The average Bonchev–Trinajstić information content (AvgIpc) is 3.36. The van der Waals surface area contributed by atoms with Gasteiger partial charge in [-0.05, 0) is 41.3 Å². The second-order valence-electron chi connectivity index (χ2n) is 7.60. The van der Waals surface area contributed by atoms with Crippen LogP contribution < -0.4 is 4.72 Å². The Morgan fingerprint density at radius 1 is 0.909 bits per heavy atom. The molecule has 1 aromatic heterocycles. The number of nitrogens with one attached hydrogen (secondary N) is 1. The molecule has 2 heterocycles. The summed E-state index contributed by atoms with van der Waals surface area (Å²) >= 11 is 1.14. The molecule has 0 bridgehead atoms. The van der Waals surface area contributed by atoms with E-state index in [1.54, 1.807) is 63.7 Å². The van der Waals surface area contributed by atoms with Gasteiger partial charge in [-0.3, -0.25) is 14.3 Å². The maximum atomic E-state index is 12.7. The molecule has 1 saturated heterocycles. The van der Waals surface area contributed by atoms with E-state index < -0.39 is 10.0 Å². The molecule has 2 aromatic carbocycles. The van der Waals surface area contributed by atoms with Gasteiger partial charge in [0.1, 0.15) is 9.96 Å². The molecule has 0 atom stereocenters. The van der Waals surface area contributed by atoms with E-state index in [-0.39, 0.29) is 33.8 Å². The molecule has 0 unspecified atom stereocenters. The third-order valence-electron chi connectivity index (χ3n) is 5.38. The van der Waals surface area contributed by atoms with Crippen molar-refractivity contribution in [3.8, 4) is 5.75 Å². The number of sulfonamides is 1. The number of thiophene rings is 1. The van der Waals surface area contributed by atoms with Crippen molar-refractivity contribution in [2.45, 2.75) is 10.6 Å². The van der Waals surface area contributed by atoms with Gasteiger partial charge in [0.25, 0.3) is 15.9 Å². The Hall–Kier alpha value is -3.37. The number of hydrogen-bond donors (Lipinski definition) is 2. The number of anilines is 1. The number of nitrogens with zero attached hydrogens (tertiary/aromatic N) is 2. The summed E-state index contributed by atoms with van der Waals surface area (Å²) in [7, 11) is -3.61. The highest BCUT2D eigenvalue weighted by Crippen LogP contribution is 2.21. The molecule has 0 radical (unpaired) electrons. The predicted molar refractivity (Wildman–Crippen MR) is 126 cm³/mol. The Labute approximate surface area is 196 Å². The summed E-state index contributed by atoms with van der Waals surface area (Å²) < 4.78 is 27.4. The van der Waals surface area contributed by atoms with Crippen LogP contribution in [0.2, 0.25) is 0 Å². The minimum absolute atomic E-state index is 0.0536. The van der Waals surface area contributed by atoms with Crippen molar-refractivity contribution in [2.75, 3.05) is 30.9 Å². The van der Waals surface area contributed by atoms with E-state index >= 15 is 0 Å². The quantitative estimate of drug-likeness (QED) is 0.558. The number of aromatic hydroxyl groups is 1. The molecular formula is C23H23N3O5S2. The van der Waals surface area contributed by atoms with Gasteiger partial charge in [-0.1, -0.05) is 30.3 Å². The van der Waals surface area contributed by atoms with Crippen LogP contribution >= 0.6 is 11.3 Å². The Bertz CT molecular complexity index is 1230. The van der Waals surface area contributed by atoms with E-state index in [4.69, 9.17) is 0 Å². The minimum Gasteiger partial charge on any atom is -0.507 e. The molecule has 1 aliphatic heterocycles. The first-order valence-electron chi connectivity index (χ1n) is 10.3. The Morgan fingerprint density at radius 3 is 2.21 bits per heavy atom. The number of para-hydroxylation sites is 1. The van der Waals surface area contributed by atoms with Crippen molar-refractivity contribution < 1.29 is 23.1 Å². The molecule has 8 nitrogen and oxygen atoms in total. The monoisotopic (exact) mass is 485 g/mol. The normalized spacial score (nSPS) is 14.2. The first-order valence-corrected chi connectivity index (χ1v) is 12.7. The van der Waals surface area contributed by atoms with Crippen molar-refractivity contribution in [1.29, 1.82) is 0 Å². The van der Waals surface area contributed by atoms with Gasteiger partial charge in [-0.2, -0.15) is 0 Å². The maximum absolute atomic E-state index is 12.7. The van der Waals surface area contributed by atoms with Crippen molar-refractivity contribution in [3.63, 3.8) is 0 Å². The molecule has 10 heteroatoms. The predicted octanol–water partition coefficient (Wildman–Crippen LogP) is 2.78. The molecule has 4 rings (SSSR count). The lowest BCUT2D eigenvalue weighted by Crippen LogP contribution is -2.51. The zero-order valence-electron chi connectivity index (χ0n) is 17.7. The highest BCUT2D eigenvalue weighted by Gasteiger charge is 2.26. The summed E-state index contributed by atoms with van der Waals surface area (Å²) in [6, 6.07) is 16.4. The molecule has 0 saturated carbocycles. The van der Waals surface area contributed by atoms with Crippen molar-refractivity contribution in [3.05, 3.63) is 77.2 Å². The maximum Gasteiger partial charge on any atom is 0.271 e. The van der Waals surface area contributed by atoms with Gasteiger partial charge >= 0.3 is 0 Å². The SMILES string of the molecule is O=C(Cc1ccc(NS(=O)(=O)c2cccs2)cc1)N1CCN(C(=O)c2ccccc2O)CC1. The molecule has 2 amide bonds. The summed E-state index contributed by atoms with van der Waals surface area (Å²) in [5.74, 6) is -0.362. The average molecular weight is 486 g/mol. The summed E-state index contributed by atoms with van der Waals surface area (Å²) in [6.07, 6.45) is 0.186. The summed E-state index contributed by atoms with van der Waals surface area (Å²) in [5.41, 5.74) is 1.45. The summed E-state index contributed by atoms with van der Waals surface area (Å²) in [4.78, 5) is 28.7. The molecular weight excluding hydrogens is 462 g/mol. The van der Waals surface area contributed by atoms with Crippen LogP contribution in [0.15, 0.2) is 70.3 Å². The van der Waals surface area contributed by atoms with E-state index in [1.165, 1.54) is 12.1 Å². The Morgan fingerprint density at radius 2 is 1.58 bits per heavy atom. The second-order valence-corrected chi connectivity index (χ2v) is 10.5. The number of carbonyl (C=O) groups excluding carboxylic acids is 2. The highest BCUT2D eigenvalue weighted by molar-refractivity contribution is 7.94. The fourth-order valence-corrected chi connectivity index (χ4v) is 5.63. The number of benzene rings is 2. The molecule has 1 fully saturated rings. The number of rotatable bonds is 6. The van der Waals surface area contributed by atoms with Crippen molar-refractivity contribution in [1.82, 2.24) is 9.80 Å². The van der Waals surface area contributed by atoms with E-state index in [9.17, 15) is 23.1 Å². The van der Waals surface area contributed by atoms with Crippen LogP contribution in [-0.2, 0) is 21.2 Å². The number of amides is 2. The first kappa shape index (κ1) is 22.8. The zero-order chi connectivity index (χ0) is 23.4. The third-order valence-corrected chi connectivity index (χ3v) is 8.15. The summed E-state index contributed by atoms with van der Waals surface area (Å²) in [6.45, 7) is 1.61. The second kappa shape index (κ2) is 9.63. The third kappa shape index (κ3) is 5.35. The molecule has 172 valence electrons. The lowest BCUT2D eigenvalue weighted by molar-refractivity contribution is -0.131. The number of phenols is 1. The molecule has 3 aromatic rings. The molecule has 0 spiro atoms. The minimum atomic E-state index is -3.61. The standard InChI is InChI=1S/C23H23N3O5S2/c27-20-5-2-1-4-19(20)23(29)26-13-11-25(12-14-26)21(28)16-17-7-9-18(10-8-17)24-33(30,31)22-6-3-15-32-22/h1-10,15,24,27H,11-14,16H2. The fraction of sp³-hybridized carbons (Fsp3) is 0.217. The van der Waals surface area contributed by atoms with Crippen molar-refractivity contribution in [2.24, 2.45) is 0 Å². The van der Waals surface area contributed by atoms with E-state index in [1.807, 2.05) is 0 Å². The van der Waals surface area contributed by atoms with Crippen LogP contribution in [0.3, 0.4) is 0 Å². The lowest BCUT2D eigenvalue weighted by Gasteiger charge is -2.35. The van der Waals surface area contributed by atoms with Crippen LogP contribution in [-0.4, -0.2) is 61.3 Å². The number of phenolic OH excluding ortho intramolecular Hbond substituents is 1. The molecule has 0 aliphatic carbocycles. The summed E-state index contributed by atoms with van der Waals surface area (Å²) in [5, 5.41) is 11.6. The van der Waals surface area contributed by atoms with Crippen LogP contribution in [0, 0.1) is 0 Å². The van der Waals surface area contributed by atoms with Crippen LogP contribution in [0.4, 0.5) is 5.69 Å². The van der Waals surface area contributed by atoms with Gasteiger partial charge in [-0.15, -0.1) is 11.3 Å². The van der Waals surface area contributed by atoms with E-state index in [0.717, 1.165) is 16.9 Å². The first-order chi connectivity index (χ1) is 15.8. The van der Waals surface area contributed by atoms with Gasteiger partial charge in [-0.25, -0.2) is 8.42 Å². The molecule has 1 aliphatic rings. The number of piperazine rings is 1. The highest BCUT2D eigenvalue weighted by atomic mass is 32.2. The number of carbonyl (C=O) groups is 2. The van der Waals surface area contributed by atoms with Gasteiger partial charge < -0.3 is 14.9 Å². The topological polar surface area (TPSA) is 107 Å². The van der Waals surface area contributed by atoms with Gasteiger partial charge in [0.05, 0.1) is 12.0 Å².